The van der Waals surface area contributed by atoms with Crippen molar-refractivity contribution in [2.75, 3.05) is 16.5 Å². The van der Waals surface area contributed by atoms with Gasteiger partial charge in [0.2, 0.25) is 0 Å². The van der Waals surface area contributed by atoms with Crippen molar-refractivity contribution in [1.82, 2.24) is 9.55 Å². The van der Waals surface area contributed by atoms with Crippen LogP contribution in [0.1, 0.15) is 30.4 Å². The molecule has 5 nitrogen and oxygen atoms in total. The summed E-state index contributed by atoms with van der Waals surface area (Å²) >= 11 is 0. The predicted molar refractivity (Wildman–Crippen MR) is 262 cm³/mol. The molecule has 0 aliphatic carbocycles. The highest BCUT2D eigenvalue weighted by molar-refractivity contribution is 6.09. The first kappa shape index (κ1) is 34.8. The Morgan fingerprint density at radius 2 is 1.14 bits per heavy atom. The number of benzene rings is 8. The number of hydrogen-bond acceptors (Lipinski definition) is 4. The van der Waals surface area contributed by atoms with Gasteiger partial charge in [-0.05, 0) is 93.8 Å². The van der Waals surface area contributed by atoms with Crippen LogP contribution in [0, 0.1) is 0 Å². The van der Waals surface area contributed by atoms with Crippen molar-refractivity contribution < 1.29 is 8.85 Å². The van der Waals surface area contributed by atoms with Gasteiger partial charge in [-0.25, -0.2) is 4.98 Å². The zero-order valence-electron chi connectivity index (χ0n) is 38.4. The highest BCUT2D eigenvalue weighted by atomic mass is 16.5. The fraction of sp³-hybridized carbons (Fsp3) is 0.0862. The lowest BCUT2D eigenvalue weighted by Gasteiger charge is -2.27. The molecule has 3 heterocycles. The number of aromatic nitrogens is 2. The van der Waals surface area contributed by atoms with Gasteiger partial charge in [-0.3, -0.25) is 4.57 Å². The number of rotatable bonds is 8. The molecule has 2 aromatic heterocycles. The summed E-state index contributed by atoms with van der Waals surface area (Å²) in [5.41, 5.74) is 12.9. The van der Waals surface area contributed by atoms with Gasteiger partial charge in [0.25, 0.3) is 0 Å². The molecule has 0 unspecified atom stereocenters. The molecule has 0 N–H and O–H groups in total. The number of para-hydroxylation sites is 4. The number of hydrogen-bond donors (Lipinski definition) is 0. The molecular formula is C58H46N4O. The summed E-state index contributed by atoms with van der Waals surface area (Å²) in [5, 5.41) is 1.97. The van der Waals surface area contributed by atoms with Gasteiger partial charge < -0.3 is 14.5 Å². The fourth-order valence-electron chi connectivity index (χ4n) is 8.92. The topological polar surface area (TPSA) is 33.5 Å². The van der Waals surface area contributed by atoms with Crippen molar-refractivity contribution in [3.05, 3.63) is 218 Å². The van der Waals surface area contributed by atoms with E-state index in [2.05, 4.69) is 160 Å². The molecule has 10 aromatic rings. The van der Waals surface area contributed by atoms with Crippen LogP contribution in [0.4, 0.5) is 22.7 Å². The number of anilines is 4. The maximum Gasteiger partial charge on any atom is 0.137 e. The molecule has 304 valence electrons. The molecule has 0 atom stereocenters. The quantitative estimate of drug-likeness (QED) is 0.153. The molecule has 8 aromatic carbocycles. The summed E-state index contributed by atoms with van der Waals surface area (Å²) in [6, 6.07) is 67.7. The van der Waals surface area contributed by atoms with Gasteiger partial charge in [0.15, 0.2) is 0 Å². The zero-order valence-corrected chi connectivity index (χ0v) is 35.4. The Kier molecular flexibility index (Phi) is 8.58. The van der Waals surface area contributed by atoms with Crippen LogP contribution in [0.25, 0.3) is 61.0 Å². The van der Waals surface area contributed by atoms with E-state index in [1.54, 1.807) is 0 Å². The van der Waals surface area contributed by atoms with Crippen LogP contribution >= 0.6 is 0 Å². The molecule has 0 bridgehead atoms. The second kappa shape index (κ2) is 15.5. The molecule has 1 aliphatic heterocycles. The highest BCUT2D eigenvalue weighted by Gasteiger charge is 2.31. The van der Waals surface area contributed by atoms with Crippen molar-refractivity contribution in [3.8, 4) is 50.7 Å². The Bertz CT molecular complexity index is 3470. The molecule has 0 spiro atoms. The zero-order chi connectivity index (χ0) is 45.1. The SMILES string of the molecule is [2H]c1nc(-n2c3ccccc3c3ccc(Oc4cccc(N5CN(c6c(-c7ccccc7)cccc6-c6cccc(-c7ccccc7)c6)c6ccccc65)c4)cc32)c([2H])c(C(C)(C)C)c1[2H]. The lowest BCUT2D eigenvalue weighted by Crippen LogP contribution is -2.25. The second-order valence-electron chi connectivity index (χ2n) is 17.1. The number of ether oxygens (including phenoxy) is 1. The number of pyridine rings is 1. The third kappa shape index (κ3) is 6.98. The third-order valence-corrected chi connectivity index (χ3v) is 12.0. The molecule has 0 radical (unpaired) electrons. The smallest absolute Gasteiger partial charge is 0.137 e. The summed E-state index contributed by atoms with van der Waals surface area (Å²) in [6.07, 6.45) is -0.153. The van der Waals surface area contributed by atoms with E-state index in [0.29, 0.717) is 29.5 Å². The summed E-state index contributed by atoms with van der Waals surface area (Å²) in [5.74, 6) is 1.62. The molecule has 5 heteroatoms. The Hall–Kier alpha value is -7.89. The van der Waals surface area contributed by atoms with Gasteiger partial charge in [0, 0.05) is 45.9 Å². The van der Waals surface area contributed by atoms with Crippen molar-refractivity contribution in [3.63, 3.8) is 0 Å². The van der Waals surface area contributed by atoms with Crippen LogP contribution in [-0.2, 0) is 5.41 Å². The van der Waals surface area contributed by atoms with Gasteiger partial charge in [-0.1, -0.05) is 154 Å². The van der Waals surface area contributed by atoms with Crippen molar-refractivity contribution in [2.24, 2.45) is 0 Å². The molecule has 0 amide bonds. The average molecular weight is 818 g/mol. The third-order valence-electron chi connectivity index (χ3n) is 12.0. The first-order valence-corrected chi connectivity index (χ1v) is 21.4. The predicted octanol–water partition coefficient (Wildman–Crippen LogP) is 15.5. The normalized spacial score (nSPS) is 13.2. The van der Waals surface area contributed by atoms with Crippen molar-refractivity contribution in [1.29, 1.82) is 0 Å². The molecule has 0 saturated heterocycles. The van der Waals surface area contributed by atoms with E-state index in [1.165, 1.54) is 11.1 Å². The monoisotopic (exact) mass is 817 g/mol. The lowest BCUT2D eigenvalue weighted by molar-refractivity contribution is 0.483. The number of nitrogens with zero attached hydrogens (tertiary/aromatic N) is 4. The molecular weight excluding hydrogens is 769 g/mol. The first-order valence-electron chi connectivity index (χ1n) is 22.9. The summed E-state index contributed by atoms with van der Waals surface area (Å²) < 4.78 is 35.4. The summed E-state index contributed by atoms with van der Waals surface area (Å²) in [4.78, 5) is 9.36. The van der Waals surface area contributed by atoms with E-state index in [9.17, 15) is 1.37 Å². The van der Waals surface area contributed by atoms with Crippen LogP contribution in [-0.4, -0.2) is 16.2 Å². The van der Waals surface area contributed by atoms with Crippen LogP contribution in [0.2, 0.25) is 0 Å². The van der Waals surface area contributed by atoms with Gasteiger partial charge >= 0.3 is 0 Å². The van der Waals surface area contributed by atoms with E-state index in [1.807, 2.05) is 73.9 Å². The molecule has 1 aliphatic rings. The molecule has 0 saturated carbocycles. The largest absolute Gasteiger partial charge is 0.457 e. The van der Waals surface area contributed by atoms with E-state index < -0.39 is 5.41 Å². The van der Waals surface area contributed by atoms with Gasteiger partial charge in [0.05, 0.1) is 32.2 Å². The minimum Gasteiger partial charge on any atom is -0.457 e. The maximum atomic E-state index is 9.35. The Morgan fingerprint density at radius 1 is 0.524 bits per heavy atom. The highest BCUT2D eigenvalue weighted by Crippen LogP contribution is 2.50. The molecule has 0 fully saturated rings. The van der Waals surface area contributed by atoms with Gasteiger partial charge in [-0.2, -0.15) is 0 Å². The Morgan fingerprint density at radius 3 is 1.94 bits per heavy atom. The molecule has 11 rings (SSSR count). The van der Waals surface area contributed by atoms with Crippen molar-refractivity contribution >= 4 is 44.6 Å². The van der Waals surface area contributed by atoms with Crippen LogP contribution in [0.5, 0.6) is 11.5 Å². The Balaban J connectivity index is 0.987. The van der Waals surface area contributed by atoms with Gasteiger partial charge in [-0.15, -0.1) is 0 Å². The van der Waals surface area contributed by atoms with Crippen LogP contribution in [0.3, 0.4) is 0 Å². The second-order valence-corrected chi connectivity index (χ2v) is 17.1. The maximum absolute atomic E-state index is 9.35. The lowest BCUT2D eigenvalue weighted by atomic mass is 9.88. The minimum atomic E-state index is -0.533. The summed E-state index contributed by atoms with van der Waals surface area (Å²) in [6.45, 7) is 6.48. The standard InChI is InChI=1S/C58H46N4O/c1-58(2,3)44-33-34-59-56(36-44)62-52-28-11-10-25-50(52)51-32-31-47(38-55(51)62)63-46-24-15-23-45(37-46)60-39-61(54-30-13-12-29-53(54)60)57-48(41-19-8-5-9-20-41)26-16-27-49(57)43-22-14-21-42(35-43)40-17-6-4-7-18-40/h4-38H,39H2,1-3H3/i33D,34D,36D. The van der Waals surface area contributed by atoms with Gasteiger partial charge in [0.1, 0.15) is 24.0 Å². The first-order chi connectivity index (χ1) is 32.1. The van der Waals surface area contributed by atoms with Crippen LogP contribution in [0.15, 0.2) is 212 Å². The van der Waals surface area contributed by atoms with E-state index in [-0.39, 0.29) is 18.3 Å². The fourth-order valence-corrected chi connectivity index (χ4v) is 8.92. The number of fused-ring (bicyclic) bond motifs is 4. The van der Waals surface area contributed by atoms with E-state index in [4.69, 9.17) is 7.48 Å². The van der Waals surface area contributed by atoms with Crippen molar-refractivity contribution in [2.45, 2.75) is 26.2 Å². The summed E-state index contributed by atoms with van der Waals surface area (Å²) in [7, 11) is 0. The van der Waals surface area contributed by atoms with Crippen LogP contribution < -0.4 is 14.5 Å². The minimum absolute atomic E-state index is 0.0147. The van der Waals surface area contributed by atoms with E-state index in [0.717, 1.165) is 66.8 Å². The van der Waals surface area contributed by atoms with E-state index >= 15 is 0 Å². The molecule has 63 heavy (non-hydrogen) atoms. The average Bonchev–Trinajstić information content (AvgIpc) is 3.89. The Labute approximate surface area is 373 Å².